The van der Waals surface area contributed by atoms with E-state index >= 15 is 0 Å². The molecule has 2 heterocycles. The zero-order chi connectivity index (χ0) is 23.2. The first-order valence-corrected chi connectivity index (χ1v) is 11.8. The third-order valence-corrected chi connectivity index (χ3v) is 6.75. The Balaban J connectivity index is 1.59. The largest absolute Gasteiger partial charge is 0.495 e. The molecule has 33 heavy (non-hydrogen) atoms. The van der Waals surface area contributed by atoms with Crippen molar-refractivity contribution < 1.29 is 23.4 Å². The molecule has 0 aliphatic carbocycles. The number of carbonyl (C=O) groups excluding carboxylic acids is 1. The summed E-state index contributed by atoms with van der Waals surface area (Å²) in [7, 11) is 3.21. The monoisotopic (exact) mass is 473 g/mol. The Morgan fingerprint density at radius 3 is 2.52 bits per heavy atom. The van der Waals surface area contributed by atoms with E-state index in [1.807, 2.05) is 12.1 Å². The van der Waals surface area contributed by atoms with Crippen molar-refractivity contribution in [1.82, 2.24) is 9.88 Å². The lowest BCUT2D eigenvalue weighted by Gasteiger charge is -2.27. The van der Waals surface area contributed by atoms with Crippen LogP contribution >= 0.6 is 11.3 Å². The van der Waals surface area contributed by atoms with Crippen molar-refractivity contribution in [2.45, 2.75) is 12.8 Å². The number of hydrogen-bond donors (Lipinski definition) is 0. The van der Waals surface area contributed by atoms with E-state index in [1.54, 1.807) is 31.3 Å². The Morgan fingerprint density at radius 1 is 1.12 bits per heavy atom. The van der Waals surface area contributed by atoms with Crippen molar-refractivity contribution in [3.63, 3.8) is 0 Å². The summed E-state index contributed by atoms with van der Waals surface area (Å²) in [6, 6.07) is 9.69. The lowest BCUT2D eigenvalue weighted by Crippen LogP contribution is -2.39. The quantitative estimate of drug-likeness (QED) is 0.472. The Labute approximate surface area is 196 Å². The molecule has 1 aliphatic heterocycles. The van der Waals surface area contributed by atoms with Crippen LogP contribution in [-0.4, -0.2) is 69.4 Å². The zero-order valence-corrected chi connectivity index (χ0v) is 19.7. The van der Waals surface area contributed by atoms with Crippen molar-refractivity contribution in [2.24, 2.45) is 0 Å². The van der Waals surface area contributed by atoms with Gasteiger partial charge in [0, 0.05) is 26.2 Å². The van der Waals surface area contributed by atoms with E-state index < -0.39 is 0 Å². The number of rotatable bonds is 9. The molecule has 2 aromatic carbocycles. The number of nitrogens with zero attached hydrogens (tertiary/aromatic N) is 3. The van der Waals surface area contributed by atoms with Crippen LogP contribution in [0.2, 0.25) is 0 Å². The predicted octanol–water partition coefficient (Wildman–Crippen LogP) is 3.75. The predicted molar refractivity (Wildman–Crippen MR) is 127 cm³/mol. The van der Waals surface area contributed by atoms with Crippen LogP contribution in [0.15, 0.2) is 36.4 Å². The van der Waals surface area contributed by atoms with Gasteiger partial charge in [-0.3, -0.25) is 14.6 Å². The standard InChI is InChI=1S/C24H28FN3O4S/c1-30-19-8-9-20(31-2)23-22(19)26-24(33-23)28(11-3-10-27-12-14-32-15-13-27)21(29)16-17-4-6-18(25)7-5-17/h4-9H,3,10-16H2,1-2H3. The molecule has 0 atom stereocenters. The molecule has 1 aliphatic rings. The molecule has 0 radical (unpaired) electrons. The maximum absolute atomic E-state index is 13.4. The Morgan fingerprint density at radius 2 is 1.82 bits per heavy atom. The first kappa shape index (κ1) is 23.4. The fourth-order valence-corrected chi connectivity index (χ4v) is 4.98. The maximum Gasteiger partial charge on any atom is 0.233 e. The summed E-state index contributed by atoms with van der Waals surface area (Å²) < 4.78 is 30.6. The number of ether oxygens (including phenoxy) is 3. The molecule has 0 unspecified atom stereocenters. The van der Waals surface area contributed by atoms with Gasteiger partial charge in [-0.25, -0.2) is 9.37 Å². The van der Waals surface area contributed by atoms with Crippen LogP contribution in [0.25, 0.3) is 10.2 Å². The number of anilines is 1. The van der Waals surface area contributed by atoms with E-state index in [1.165, 1.54) is 23.5 Å². The van der Waals surface area contributed by atoms with Gasteiger partial charge in [-0.15, -0.1) is 0 Å². The van der Waals surface area contributed by atoms with Crippen LogP contribution < -0.4 is 14.4 Å². The summed E-state index contributed by atoms with van der Waals surface area (Å²) in [6.45, 7) is 4.69. The van der Waals surface area contributed by atoms with E-state index in [-0.39, 0.29) is 18.1 Å². The maximum atomic E-state index is 13.4. The van der Waals surface area contributed by atoms with Gasteiger partial charge in [-0.2, -0.15) is 0 Å². The van der Waals surface area contributed by atoms with Crippen molar-refractivity contribution in [2.75, 3.05) is 58.5 Å². The molecular formula is C24H28FN3O4S. The minimum atomic E-state index is -0.320. The molecule has 4 rings (SSSR count). The molecule has 0 spiro atoms. The highest BCUT2D eigenvalue weighted by atomic mass is 32.1. The molecule has 0 bridgehead atoms. The number of halogens is 1. The molecule has 7 nitrogen and oxygen atoms in total. The molecule has 0 saturated carbocycles. The van der Waals surface area contributed by atoms with E-state index in [9.17, 15) is 9.18 Å². The summed E-state index contributed by atoms with van der Waals surface area (Å²) >= 11 is 1.41. The molecule has 1 saturated heterocycles. The van der Waals surface area contributed by atoms with Crippen LogP contribution in [-0.2, 0) is 16.0 Å². The Hall–Kier alpha value is -2.75. The third-order valence-electron chi connectivity index (χ3n) is 5.66. The number of benzene rings is 2. The number of aromatic nitrogens is 1. The molecule has 1 fully saturated rings. The average Bonchev–Trinajstić information content (AvgIpc) is 3.28. The number of hydrogen-bond acceptors (Lipinski definition) is 7. The highest BCUT2D eigenvalue weighted by Crippen LogP contribution is 2.40. The number of thiazole rings is 1. The third kappa shape index (κ3) is 5.61. The number of methoxy groups -OCH3 is 2. The second kappa shape index (κ2) is 10.9. The molecule has 1 amide bonds. The van der Waals surface area contributed by atoms with Crippen molar-refractivity contribution in [3.05, 3.63) is 47.8 Å². The molecule has 9 heteroatoms. The van der Waals surface area contributed by atoms with Gasteiger partial charge in [0.25, 0.3) is 0 Å². The second-order valence-electron chi connectivity index (χ2n) is 7.80. The van der Waals surface area contributed by atoms with Gasteiger partial charge in [-0.05, 0) is 36.2 Å². The van der Waals surface area contributed by atoms with Crippen LogP contribution in [0.4, 0.5) is 9.52 Å². The van der Waals surface area contributed by atoms with E-state index in [0.717, 1.165) is 49.5 Å². The summed E-state index contributed by atoms with van der Waals surface area (Å²) in [5, 5.41) is 0.599. The summed E-state index contributed by atoms with van der Waals surface area (Å²) in [4.78, 5) is 22.2. The number of fused-ring (bicyclic) bond motifs is 1. The van der Waals surface area contributed by atoms with Gasteiger partial charge in [0.05, 0.1) is 33.9 Å². The van der Waals surface area contributed by atoms with E-state index in [4.69, 9.17) is 19.2 Å². The van der Waals surface area contributed by atoms with Crippen LogP contribution in [0, 0.1) is 5.82 Å². The first-order valence-electron chi connectivity index (χ1n) is 11.0. The van der Waals surface area contributed by atoms with Crippen LogP contribution in [0.1, 0.15) is 12.0 Å². The SMILES string of the molecule is COc1ccc(OC)c2sc(N(CCCN3CCOCC3)C(=O)Cc3ccc(F)cc3)nc12. The number of amides is 1. The van der Waals surface area contributed by atoms with Gasteiger partial charge in [-0.1, -0.05) is 23.5 Å². The van der Waals surface area contributed by atoms with Crippen LogP contribution in [0.5, 0.6) is 11.5 Å². The highest BCUT2D eigenvalue weighted by molar-refractivity contribution is 7.22. The van der Waals surface area contributed by atoms with Gasteiger partial charge in [0.1, 0.15) is 27.5 Å². The van der Waals surface area contributed by atoms with Gasteiger partial charge < -0.3 is 14.2 Å². The molecule has 3 aromatic rings. The van der Waals surface area contributed by atoms with Gasteiger partial charge in [0.2, 0.25) is 5.91 Å². The topological polar surface area (TPSA) is 64.1 Å². The molecular weight excluding hydrogens is 445 g/mol. The van der Waals surface area contributed by atoms with Crippen molar-refractivity contribution in [3.8, 4) is 11.5 Å². The zero-order valence-electron chi connectivity index (χ0n) is 18.9. The minimum absolute atomic E-state index is 0.0828. The van der Waals surface area contributed by atoms with Gasteiger partial charge >= 0.3 is 0 Å². The van der Waals surface area contributed by atoms with Crippen molar-refractivity contribution >= 4 is 32.6 Å². The average molecular weight is 474 g/mol. The first-order chi connectivity index (χ1) is 16.1. The Kier molecular flexibility index (Phi) is 7.74. The molecule has 176 valence electrons. The normalized spacial score (nSPS) is 14.4. The van der Waals surface area contributed by atoms with E-state index in [2.05, 4.69) is 4.90 Å². The summed E-state index contributed by atoms with van der Waals surface area (Å²) in [5.74, 6) is 0.917. The summed E-state index contributed by atoms with van der Waals surface area (Å²) in [6.07, 6.45) is 0.974. The smallest absolute Gasteiger partial charge is 0.233 e. The van der Waals surface area contributed by atoms with Crippen molar-refractivity contribution in [1.29, 1.82) is 0 Å². The summed E-state index contributed by atoms with van der Waals surface area (Å²) in [5.41, 5.74) is 1.43. The highest BCUT2D eigenvalue weighted by Gasteiger charge is 2.23. The minimum Gasteiger partial charge on any atom is -0.495 e. The van der Waals surface area contributed by atoms with Gasteiger partial charge in [0.15, 0.2) is 5.13 Å². The number of morpholine rings is 1. The number of carbonyl (C=O) groups is 1. The van der Waals surface area contributed by atoms with Crippen LogP contribution in [0.3, 0.4) is 0 Å². The lowest BCUT2D eigenvalue weighted by molar-refractivity contribution is -0.118. The Bertz CT molecular complexity index is 1040. The molecule has 1 aromatic heterocycles. The molecule has 0 N–H and O–H groups in total. The fourth-order valence-electron chi connectivity index (χ4n) is 3.87. The lowest BCUT2D eigenvalue weighted by atomic mass is 10.1. The second-order valence-corrected chi connectivity index (χ2v) is 8.78. The fraction of sp³-hybridized carbons (Fsp3) is 0.417. The van der Waals surface area contributed by atoms with E-state index in [0.29, 0.717) is 28.7 Å².